The van der Waals surface area contributed by atoms with Gasteiger partial charge in [-0.1, -0.05) is 0 Å². The number of rotatable bonds is 1. The molecule has 0 bridgehead atoms. The number of benzene rings is 1. The Balaban J connectivity index is 2.25. The normalized spacial score (nSPS) is 16.7. The maximum atomic E-state index is 12.2. The van der Waals surface area contributed by atoms with Crippen LogP contribution in [0.1, 0.15) is 40.2 Å². The summed E-state index contributed by atoms with van der Waals surface area (Å²) in [6.45, 7) is 9.57. The van der Waals surface area contributed by atoms with Crippen LogP contribution in [0.25, 0.3) is 0 Å². The van der Waals surface area contributed by atoms with Crippen molar-refractivity contribution in [1.29, 1.82) is 0 Å². The SMILES string of the molecule is CN1C(=O)C(C)(C)c2cc(NC(=O)NC(C)(C)C)ccc21. The second kappa shape index (κ2) is 4.76. The van der Waals surface area contributed by atoms with Crippen LogP contribution >= 0.6 is 0 Å². The molecule has 0 saturated carbocycles. The van der Waals surface area contributed by atoms with E-state index < -0.39 is 5.41 Å². The molecule has 3 amide bonds. The minimum atomic E-state index is -0.567. The fourth-order valence-electron chi connectivity index (χ4n) is 2.55. The largest absolute Gasteiger partial charge is 0.333 e. The zero-order valence-corrected chi connectivity index (χ0v) is 13.5. The van der Waals surface area contributed by atoms with Gasteiger partial charge in [-0.25, -0.2) is 4.79 Å². The Kier molecular flexibility index (Phi) is 3.48. The highest BCUT2D eigenvalue weighted by Crippen LogP contribution is 2.41. The summed E-state index contributed by atoms with van der Waals surface area (Å²) >= 11 is 0. The third kappa shape index (κ3) is 2.86. The second-order valence-corrected chi connectivity index (χ2v) is 7.05. The quantitative estimate of drug-likeness (QED) is 0.835. The van der Waals surface area contributed by atoms with Crippen molar-refractivity contribution in [3.8, 4) is 0 Å². The van der Waals surface area contributed by atoms with Crippen LogP contribution in [0.15, 0.2) is 18.2 Å². The van der Waals surface area contributed by atoms with E-state index in [2.05, 4.69) is 10.6 Å². The average Bonchev–Trinajstić information content (AvgIpc) is 2.49. The van der Waals surface area contributed by atoms with Crippen molar-refractivity contribution in [2.75, 3.05) is 17.3 Å². The van der Waals surface area contributed by atoms with E-state index in [-0.39, 0.29) is 17.5 Å². The Morgan fingerprint density at radius 1 is 1.24 bits per heavy atom. The number of hydrogen-bond donors (Lipinski definition) is 2. The van der Waals surface area contributed by atoms with Crippen molar-refractivity contribution in [1.82, 2.24) is 5.32 Å². The monoisotopic (exact) mass is 289 g/mol. The van der Waals surface area contributed by atoms with Crippen molar-refractivity contribution >= 4 is 23.3 Å². The topological polar surface area (TPSA) is 61.4 Å². The number of nitrogens with one attached hydrogen (secondary N) is 2. The molecule has 5 heteroatoms. The molecule has 2 rings (SSSR count). The minimum Gasteiger partial charge on any atom is -0.333 e. The predicted molar refractivity (Wildman–Crippen MR) is 84.8 cm³/mol. The number of likely N-dealkylation sites (N-methyl/N-ethyl adjacent to an activating group) is 1. The lowest BCUT2D eigenvalue weighted by Gasteiger charge is -2.21. The molecular formula is C16H23N3O2. The van der Waals surface area contributed by atoms with Gasteiger partial charge in [0, 0.05) is 24.0 Å². The van der Waals surface area contributed by atoms with E-state index in [0.717, 1.165) is 11.3 Å². The molecule has 2 N–H and O–H groups in total. The Bertz CT molecular complexity index is 600. The lowest BCUT2D eigenvalue weighted by Crippen LogP contribution is -2.43. The molecule has 0 spiro atoms. The molecule has 0 fully saturated rings. The van der Waals surface area contributed by atoms with Crippen molar-refractivity contribution in [3.05, 3.63) is 23.8 Å². The summed E-state index contributed by atoms with van der Waals surface area (Å²) in [5, 5.41) is 5.66. The first kappa shape index (κ1) is 15.4. The zero-order valence-electron chi connectivity index (χ0n) is 13.5. The van der Waals surface area contributed by atoms with Gasteiger partial charge in [0.1, 0.15) is 0 Å². The highest BCUT2D eigenvalue weighted by Gasteiger charge is 2.42. The maximum absolute atomic E-state index is 12.2. The fraction of sp³-hybridized carbons (Fsp3) is 0.500. The van der Waals surface area contributed by atoms with E-state index >= 15 is 0 Å². The molecule has 1 heterocycles. The number of urea groups is 1. The number of hydrogen-bond acceptors (Lipinski definition) is 2. The minimum absolute atomic E-state index is 0.0637. The average molecular weight is 289 g/mol. The number of fused-ring (bicyclic) bond motifs is 1. The van der Waals surface area contributed by atoms with E-state index in [9.17, 15) is 9.59 Å². The van der Waals surface area contributed by atoms with E-state index in [1.54, 1.807) is 11.9 Å². The summed E-state index contributed by atoms with van der Waals surface area (Å²) in [4.78, 5) is 25.8. The Morgan fingerprint density at radius 3 is 2.43 bits per heavy atom. The molecule has 1 aliphatic rings. The summed E-state index contributed by atoms with van der Waals surface area (Å²) in [7, 11) is 1.77. The van der Waals surface area contributed by atoms with Gasteiger partial charge in [-0.3, -0.25) is 4.79 Å². The summed E-state index contributed by atoms with van der Waals surface area (Å²) < 4.78 is 0. The van der Waals surface area contributed by atoms with Gasteiger partial charge in [0.25, 0.3) is 0 Å². The Morgan fingerprint density at radius 2 is 1.86 bits per heavy atom. The van der Waals surface area contributed by atoms with Crippen molar-refractivity contribution in [3.63, 3.8) is 0 Å². The molecule has 114 valence electrons. The lowest BCUT2D eigenvalue weighted by molar-refractivity contribution is -0.121. The fourth-order valence-corrected chi connectivity index (χ4v) is 2.55. The number of amides is 3. The predicted octanol–water partition coefficient (Wildman–Crippen LogP) is 2.86. The van der Waals surface area contributed by atoms with E-state index in [1.807, 2.05) is 52.8 Å². The molecule has 0 aliphatic carbocycles. The molecule has 0 atom stereocenters. The number of anilines is 2. The van der Waals surface area contributed by atoms with Crippen molar-refractivity contribution in [2.24, 2.45) is 0 Å². The smallest absolute Gasteiger partial charge is 0.319 e. The first-order valence-electron chi connectivity index (χ1n) is 7.04. The molecule has 1 aliphatic heterocycles. The molecule has 5 nitrogen and oxygen atoms in total. The van der Waals surface area contributed by atoms with Crippen LogP contribution in [0.4, 0.5) is 16.2 Å². The molecule has 1 aromatic carbocycles. The third-order valence-electron chi connectivity index (χ3n) is 3.62. The molecule has 0 radical (unpaired) electrons. The number of carbonyl (C=O) groups is 2. The summed E-state index contributed by atoms with van der Waals surface area (Å²) in [5.41, 5.74) is 1.65. The van der Waals surface area contributed by atoms with Crippen LogP contribution in [0.3, 0.4) is 0 Å². The van der Waals surface area contributed by atoms with Gasteiger partial charge in [-0.05, 0) is 58.4 Å². The van der Waals surface area contributed by atoms with Crippen LogP contribution in [0.2, 0.25) is 0 Å². The lowest BCUT2D eigenvalue weighted by atomic mass is 9.86. The van der Waals surface area contributed by atoms with E-state index in [0.29, 0.717) is 5.69 Å². The van der Waals surface area contributed by atoms with Gasteiger partial charge in [-0.2, -0.15) is 0 Å². The molecule has 0 unspecified atom stereocenters. The highest BCUT2D eigenvalue weighted by molar-refractivity contribution is 6.07. The van der Waals surface area contributed by atoms with Gasteiger partial charge in [0.2, 0.25) is 5.91 Å². The first-order valence-corrected chi connectivity index (χ1v) is 7.04. The van der Waals surface area contributed by atoms with E-state index in [4.69, 9.17) is 0 Å². The molecule has 0 aromatic heterocycles. The molecule has 21 heavy (non-hydrogen) atoms. The maximum Gasteiger partial charge on any atom is 0.319 e. The Hall–Kier alpha value is -2.04. The van der Waals surface area contributed by atoms with Crippen LogP contribution in [0, 0.1) is 0 Å². The third-order valence-corrected chi connectivity index (χ3v) is 3.62. The standard InChI is InChI=1S/C16H23N3O2/c1-15(2,3)18-14(21)17-10-7-8-12-11(9-10)16(4,5)13(20)19(12)6/h7-9H,1-6H3,(H2,17,18,21). The van der Waals surface area contributed by atoms with Crippen LogP contribution < -0.4 is 15.5 Å². The van der Waals surface area contributed by atoms with Crippen molar-refractivity contribution < 1.29 is 9.59 Å². The highest BCUT2D eigenvalue weighted by atomic mass is 16.2. The van der Waals surface area contributed by atoms with Crippen molar-refractivity contribution in [2.45, 2.75) is 45.6 Å². The van der Waals surface area contributed by atoms with Crippen LogP contribution in [-0.2, 0) is 10.2 Å². The van der Waals surface area contributed by atoms with Gasteiger partial charge >= 0.3 is 6.03 Å². The van der Waals surface area contributed by atoms with Crippen LogP contribution in [-0.4, -0.2) is 24.5 Å². The van der Waals surface area contributed by atoms with Gasteiger partial charge in [-0.15, -0.1) is 0 Å². The summed E-state index contributed by atoms with van der Waals surface area (Å²) in [5.74, 6) is 0.0637. The molecule has 1 aromatic rings. The molecule has 0 saturated heterocycles. The number of carbonyl (C=O) groups excluding carboxylic acids is 2. The van der Waals surface area contributed by atoms with Gasteiger partial charge < -0.3 is 15.5 Å². The second-order valence-electron chi connectivity index (χ2n) is 7.05. The van der Waals surface area contributed by atoms with Crippen LogP contribution in [0.5, 0.6) is 0 Å². The van der Waals surface area contributed by atoms with E-state index in [1.165, 1.54) is 0 Å². The van der Waals surface area contributed by atoms with Gasteiger partial charge in [0.05, 0.1) is 5.41 Å². The van der Waals surface area contributed by atoms with Gasteiger partial charge in [0.15, 0.2) is 0 Å². The summed E-state index contributed by atoms with van der Waals surface area (Å²) in [6, 6.07) is 5.30. The molecular weight excluding hydrogens is 266 g/mol. The first-order chi connectivity index (χ1) is 9.52. The Labute approximate surface area is 125 Å². The summed E-state index contributed by atoms with van der Waals surface area (Å²) in [6.07, 6.45) is 0. The zero-order chi connectivity index (χ0) is 16.0. The number of nitrogens with zero attached hydrogens (tertiary/aromatic N) is 1.